The zero-order valence-corrected chi connectivity index (χ0v) is 11.7. The minimum absolute atomic E-state index is 0.215. The van der Waals surface area contributed by atoms with Gasteiger partial charge in [-0.1, -0.05) is 25.1 Å². The standard InChI is InChI=1S/C15H25NO2/c1-4-14(17)12-16(3)10-7-11-18-15-9-6-5-8-13(15)2/h5-6,8-9,14,17H,4,7,10-12H2,1-3H3. The van der Waals surface area contributed by atoms with E-state index in [1.165, 1.54) is 5.56 Å². The molecule has 3 heteroatoms. The lowest BCUT2D eigenvalue weighted by atomic mass is 10.2. The summed E-state index contributed by atoms with van der Waals surface area (Å²) in [6.45, 7) is 6.46. The van der Waals surface area contributed by atoms with Gasteiger partial charge in [-0.05, 0) is 38.4 Å². The molecule has 3 nitrogen and oxygen atoms in total. The van der Waals surface area contributed by atoms with Crippen LogP contribution in [0.3, 0.4) is 0 Å². The summed E-state index contributed by atoms with van der Waals surface area (Å²) in [7, 11) is 2.03. The summed E-state index contributed by atoms with van der Waals surface area (Å²) in [5, 5.41) is 9.53. The molecule has 0 radical (unpaired) electrons. The fourth-order valence-corrected chi connectivity index (χ4v) is 1.82. The number of hydrogen-bond acceptors (Lipinski definition) is 3. The molecule has 1 aromatic rings. The molecule has 0 heterocycles. The lowest BCUT2D eigenvalue weighted by molar-refractivity contribution is 0.119. The second-order valence-electron chi connectivity index (χ2n) is 4.79. The van der Waals surface area contributed by atoms with Crippen LogP contribution in [-0.2, 0) is 0 Å². The van der Waals surface area contributed by atoms with Gasteiger partial charge in [0.15, 0.2) is 0 Å². The Balaban J connectivity index is 2.17. The summed E-state index contributed by atoms with van der Waals surface area (Å²) in [5.41, 5.74) is 1.17. The highest BCUT2D eigenvalue weighted by molar-refractivity contribution is 5.31. The largest absolute Gasteiger partial charge is 0.493 e. The van der Waals surface area contributed by atoms with Gasteiger partial charge in [-0.15, -0.1) is 0 Å². The van der Waals surface area contributed by atoms with Crippen LogP contribution in [0, 0.1) is 6.92 Å². The van der Waals surface area contributed by atoms with Crippen LogP contribution in [0.5, 0.6) is 5.75 Å². The molecule has 18 heavy (non-hydrogen) atoms. The molecule has 0 aliphatic rings. The first kappa shape index (κ1) is 15.0. The number of nitrogens with zero attached hydrogens (tertiary/aromatic N) is 1. The quantitative estimate of drug-likeness (QED) is 0.720. The number of rotatable bonds is 8. The Morgan fingerprint density at radius 2 is 2.06 bits per heavy atom. The van der Waals surface area contributed by atoms with Crippen molar-refractivity contribution in [3.8, 4) is 5.75 Å². The summed E-state index contributed by atoms with van der Waals surface area (Å²) >= 11 is 0. The van der Waals surface area contributed by atoms with Crippen LogP contribution in [0.2, 0.25) is 0 Å². The SMILES string of the molecule is CCC(O)CN(C)CCCOc1ccccc1C. The molecule has 1 rings (SSSR count). The summed E-state index contributed by atoms with van der Waals surface area (Å²) in [5.74, 6) is 0.966. The monoisotopic (exact) mass is 251 g/mol. The smallest absolute Gasteiger partial charge is 0.122 e. The van der Waals surface area contributed by atoms with Crippen LogP contribution >= 0.6 is 0 Å². The Morgan fingerprint density at radius 3 is 2.72 bits per heavy atom. The van der Waals surface area contributed by atoms with Crippen molar-refractivity contribution in [2.75, 3.05) is 26.7 Å². The van der Waals surface area contributed by atoms with Crippen LogP contribution < -0.4 is 4.74 Å². The molecular formula is C15H25NO2. The highest BCUT2D eigenvalue weighted by Crippen LogP contribution is 2.16. The Morgan fingerprint density at radius 1 is 1.33 bits per heavy atom. The van der Waals surface area contributed by atoms with Gasteiger partial charge in [0, 0.05) is 13.1 Å². The maximum Gasteiger partial charge on any atom is 0.122 e. The number of aryl methyl sites for hydroxylation is 1. The van der Waals surface area contributed by atoms with Gasteiger partial charge < -0.3 is 14.7 Å². The van der Waals surface area contributed by atoms with Crippen LogP contribution in [0.1, 0.15) is 25.3 Å². The topological polar surface area (TPSA) is 32.7 Å². The van der Waals surface area contributed by atoms with Crippen LogP contribution in [0.25, 0.3) is 0 Å². The molecule has 0 aromatic heterocycles. The molecule has 0 fully saturated rings. The van der Waals surface area contributed by atoms with Crippen molar-refractivity contribution in [1.82, 2.24) is 4.90 Å². The van der Waals surface area contributed by atoms with Crippen molar-refractivity contribution in [2.24, 2.45) is 0 Å². The molecule has 0 saturated carbocycles. The first-order chi connectivity index (χ1) is 8.63. The summed E-state index contributed by atoms with van der Waals surface area (Å²) in [6.07, 6.45) is 1.57. The predicted molar refractivity (Wildman–Crippen MR) is 75.1 cm³/mol. The minimum Gasteiger partial charge on any atom is -0.493 e. The zero-order valence-electron chi connectivity index (χ0n) is 11.7. The molecule has 1 atom stereocenters. The molecule has 0 aliphatic carbocycles. The maximum absolute atomic E-state index is 9.53. The average Bonchev–Trinajstić information content (AvgIpc) is 2.36. The third-order valence-corrected chi connectivity index (χ3v) is 3.03. The van der Waals surface area contributed by atoms with E-state index in [0.29, 0.717) is 0 Å². The molecule has 0 saturated heterocycles. The first-order valence-corrected chi connectivity index (χ1v) is 6.68. The Hall–Kier alpha value is -1.06. The molecule has 1 unspecified atom stereocenters. The molecule has 0 aliphatic heterocycles. The minimum atomic E-state index is -0.215. The average molecular weight is 251 g/mol. The third kappa shape index (κ3) is 5.52. The number of likely N-dealkylation sites (N-methyl/N-ethyl adjacent to an activating group) is 1. The number of benzene rings is 1. The number of hydrogen-bond donors (Lipinski definition) is 1. The Kier molecular flexibility index (Phi) is 6.76. The highest BCUT2D eigenvalue weighted by atomic mass is 16.5. The number of aliphatic hydroxyl groups is 1. The fraction of sp³-hybridized carbons (Fsp3) is 0.600. The van der Waals surface area contributed by atoms with Gasteiger partial charge in [0.25, 0.3) is 0 Å². The van der Waals surface area contributed by atoms with Crippen molar-refractivity contribution in [2.45, 2.75) is 32.8 Å². The third-order valence-electron chi connectivity index (χ3n) is 3.03. The Bertz CT molecular complexity index is 341. The second-order valence-corrected chi connectivity index (χ2v) is 4.79. The van der Waals surface area contributed by atoms with Crippen molar-refractivity contribution >= 4 is 0 Å². The van der Waals surface area contributed by atoms with Crippen LogP contribution in [0.15, 0.2) is 24.3 Å². The van der Waals surface area contributed by atoms with Crippen molar-refractivity contribution in [1.29, 1.82) is 0 Å². The summed E-state index contributed by atoms with van der Waals surface area (Å²) in [6, 6.07) is 8.06. The zero-order chi connectivity index (χ0) is 13.4. The lowest BCUT2D eigenvalue weighted by Gasteiger charge is -2.19. The molecule has 0 spiro atoms. The number of aliphatic hydroxyl groups excluding tert-OH is 1. The van der Waals surface area contributed by atoms with E-state index in [2.05, 4.69) is 17.9 Å². The highest BCUT2D eigenvalue weighted by Gasteiger charge is 2.05. The van der Waals surface area contributed by atoms with E-state index in [-0.39, 0.29) is 6.10 Å². The maximum atomic E-state index is 9.53. The molecule has 102 valence electrons. The van der Waals surface area contributed by atoms with E-state index in [1.807, 2.05) is 32.2 Å². The lowest BCUT2D eigenvalue weighted by Crippen LogP contribution is -2.30. The van der Waals surface area contributed by atoms with E-state index in [1.54, 1.807) is 0 Å². The van der Waals surface area contributed by atoms with Crippen molar-refractivity contribution < 1.29 is 9.84 Å². The molecule has 1 aromatic carbocycles. The Labute approximate surface area is 110 Å². The van der Waals surface area contributed by atoms with Gasteiger partial charge in [0.2, 0.25) is 0 Å². The van der Waals surface area contributed by atoms with E-state index >= 15 is 0 Å². The number of ether oxygens (including phenoxy) is 1. The van der Waals surface area contributed by atoms with Gasteiger partial charge in [0.1, 0.15) is 5.75 Å². The van der Waals surface area contributed by atoms with E-state index < -0.39 is 0 Å². The van der Waals surface area contributed by atoms with Gasteiger partial charge in [0.05, 0.1) is 12.7 Å². The van der Waals surface area contributed by atoms with Gasteiger partial charge in [-0.2, -0.15) is 0 Å². The van der Waals surface area contributed by atoms with Gasteiger partial charge in [-0.3, -0.25) is 0 Å². The van der Waals surface area contributed by atoms with Crippen molar-refractivity contribution in [3.63, 3.8) is 0 Å². The molecule has 0 bridgehead atoms. The first-order valence-electron chi connectivity index (χ1n) is 6.68. The van der Waals surface area contributed by atoms with Crippen molar-refractivity contribution in [3.05, 3.63) is 29.8 Å². The van der Waals surface area contributed by atoms with Crippen LogP contribution in [0.4, 0.5) is 0 Å². The molecular weight excluding hydrogens is 226 g/mol. The van der Waals surface area contributed by atoms with E-state index in [9.17, 15) is 5.11 Å². The summed E-state index contributed by atoms with van der Waals surface area (Å²) in [4.78, 5) is 2.15. The predicted octanol–water partition coefficient (Wildman–Crippen LogP) is 2.47. The second kappa shape index (κ2) is 8.11. The number of para-hydroxylation sites is 1. The fourth-order valence-electron chi connectivity index (χ4n) is 1.82. The van der Waals surface area contributed by atoms with Crippen LogP contribution in [-0.4, -0.2) is 42.9 Å². The van der Waals surface area contributed by atoms with Gasteiger partial charge in [-0.25, -0.2) is 0 Å². The summed E-state index contributed by atoms with van der Waals surface area (Å²) < 4.78 is 5.73. The normalized spacial score (nSPS) is 12.7. The van der Waals surface area contributed by atoms with Gasteiger partial charge >= 0.3 is 0 Å². The van der Waals surface area contributed by atoms with E-state index in [0.717, 1.165) is 38.3 Å². The molecule has 1 N–H and O–H groups in total. The van der Waals surface area contributed by atoms with E-state index in [4.69, 9.17) is 4.74 Å². The molecule has 0 amide bonds.